The van der Waals surface area contributed by atoms with Gasteiger partial charge in [0.2, 0.25) is 0 Å². The Hall–Kier alpha value is -0.830. The average molecular weight is 193 g/mol. The van der Waals surface area contributed by atoms with Gasteiger partial charge in [0.05, 0.1) is 6.04 Å². The fourth-order valence-corrected chi connectivity index (χ4v) is 2.33. The largest absolute Gasteiger partial charge is 0.347 e. The van der Waals surface area contributed by atoms with E-state index < -0.39 is 0 Å². The summed E-state index contributed by atoms with van der Waals surface area (Å²) in [7, 11) is 0. The van der Waals surface area contributed by atoms with Crippen molar-refractivity contribution < 1.29 is 0 Å². The molecule has 0 aliphatic heterocycles. The summed E-state index contributed by atoms with van der Waals surface area (Å²) in [4.78, 5) is 7.34. The summed E-state index contributed by atoms with van der Waals surface area (Å²) in [6.07, 6.45) is 8.77. The lowest BCUT2D eigenvalue weighted by Gasteiger charge is -2.29. The second-order valence-corrected chi connectivity index (χ2v) is 4.52. The first-order valence-corrected chi connectivity index (χ1v) is 5.52. The summed E-state index contributed by atoms with van der Waals surface area (Å²) >= 11 is 0. The first-order valence-electron chi connectivity index (χ1n) is 5.52. The highest BCUT2D eigenvalue weighted by Gasteiger charge is 2.25. The molecule has 1 aromatic heterocycles. The van der Waals surface area contributed by atoms with Crippen LogP contribution in [0.5, 0.6) is 0 Å². The predicted octanol–water partition coefficient (Wildman–Crippen LogP) is 2.24. The van der Waals surface area contributed by atoms with Gasteiger partial charge in [-0.3, -0.25) is 0 Å². The van der Waals surface area contributed by atoms with Gasteiger partial charge in [-0.15, -0.1) is 0 Å². The zero-order chi connectivity index (χ0) is 9.97. The predicted molar refractivity (Wildman–Crippen MR) is 56.6 cm³/mol. The van der Waals surface area contributed by atoms with Gasteiger partial charge in [-0.1, -0.05) is 19.8 Å². The van der Waals surface area contributed by atoms with Gasteiger partial charge in [0.15, 0.2) is 0 Å². The molecule has 1 heterocycles. The van der Waals surface area contributed by atoms with Crippen molar-refractivity contribution >= 4 is 0 Å². The summed E-state index contributed by atoms with van der Waals surface area (Å²) in [6, 6.07) is 0.109. The summed E-state index contributed by atoms with van der Waals surface area (Å²) in [5.41, 5.74) is 6.17. The highest BCUT2D eigenvalue weighted by Crippen LogP contribution is 2.34. The number of hydrogen-bond acceptors (Lipinski definition) is 2. The van der Waals surface area contributed by atoms with Crippen LogP contribution in [0.1, 0.15) is 44.5 Å². The molecule has 0 amide bonds. The molecular weight excluding hydrogens is 174 g/mol. The zero-order valence-corrected chi connectivity index (χ0v) is 8.74. The van der Waals surface area contributed by atoms with Crippen LogP contribution >= 0.6 is 0 Å². The van der Waals surface area contributed by atoms with Crippen molar-refractivity contribution in [2.45, 2.75) is 38.6 Å². The van der Waals surface area contributed by atoms with Gasteiger partial charge in [-0.05, 0) is 24.7 Å². The monoisotopic (exact) mass is 193 g/mol. The van der Waals surface area contributed by atoms with Crippen LogP contribution in [0.25, 0.3) is 0 Å². The molecule has 1 saturated carbocycles. The Bertz CT molecular complexity index is 260. The minimum atomic E-state index is 0.109. The number of rotatable bonds is 2. The Kier molecular flexibility index (Phi) is 2.87. The zero-order valence-electron chi connectivity index (χ0n) is 8.74. The van der Waals surface area contributed by atoms with Crippen LogP contribution in [-0.2, 0) is 0 Å². The summed E-state index contributed by atoms with van der Waals surface area (Å²) in [6.45, 7) is 2.33. The molecule has 1 unspecified atom stereocenters. The lowest BCUT2D eigenvalue weighted by atomic mass is 9.79. The number of nitrogens with one attached hydrogen (secondary N) is 1. The lowest BCUT2D eigenvalue weighted by molar-refractivity contribution is 0.252. The van der Waals surface area contributed by atoms with E-state index >= 15 is 0 Å². The van der Waals surface area contributed by atoms with Crippen LogP contribution in [0.4, 0.5) is 0 Å². The van der Waals surface area contributed by atoms with Gasteiger partial charge in [0.1, 0.15) is 5.82 Å². The van der Waals surface area contributed by atoms with E-state index in [-0.39, 0.29) is 6.04 Å². The summed E-state index contributed by atoms with van der Waals surface area (Å²) < 4.78 is 0. The summed E-state index contributed by atoms with van der Waals surface area (Å²) in [5, 5.41) is 0. The minimum absolute atomic E-state index is 0.109. The molecule has 0 saturated heterocycles. The van der Waals surface area contributed by atoms with E-state index in [0.29, 0.717) is 5.92 Å². The quantitative estimate of drug-likeness (QED) is 0.756. The molecule has 1 aliphatic rings. The number of hydrogen-bond donors (Lipinski definition) is 2. The Morgan fingerprint density at radius 2 is 2.14 bits per heavy atom. The van der Waals surface area contributed by atoms with Crippen molar-refractivity contribution in [2.24, 2.45) is 17.6 Å². The van der Waals surface area contributed by atoms with Crippen LogP contribution < -0.4 is 5.73 Å². The normalized spacial score (nSPS) is 30.1. The third-order valence-electron chi connectivity index (χ3n) is 3.40. The van der Waals surface area contributed by atoms with E-state index in [9.17, 15) is 0 Å². The fourth-order valence-electron chi connectivity index (χ4n) is 2.33. The van der Waals surface area contributed by atoms with Gasteiger partial charge in [0.25, 0.3) is 0 Å². The van der Waals surface area contributed by atoms with Crippen molar-refractivity contribution in [3.05, 3.63) is 18.2 Å². The molecule has 1 fully saturated rings. The molecule has 2 rings (SSSR count). The first kappa shape index (κ1) is 9.71. The number of nitrogens with two attached hydrogens (primary N) is 1. The third-order valence-corrected chi connectivity index (χ3v) is 3.40. The number of aromatic amines is 1. The SMILES string of the molecule is CC1CCC(C(N)c2ncc[nH]2)CC1. The number of H-pyrrole nitrogens is 1. The topological polar surface area (TPSA) is 54.7 Å². The van der Waals surface area contributed by atoms with Crippen LogP contribution in [-0.4, -0.2) is 9.97 Å². The van der Waals surface area contributed by atoms with Gasteiger partial charge < -0.3 is 10.7 Å². The van der Waals surface area contributed by atoms with Crippen molar-refractivity contribution in [3.63, 3.8) is 0 Å². The summed E-state index contributed by atoms with van der Waals surface area (Å²) in [5.74, 6) is 2.46. The second kappa shape index (κ2) is 4.13. The number of imidazole rings is 1. The maximum absolute atomic E-state index is 6.17. The first-order chi connectivity index (χ1) is 6.77. The second-order valence-electron chi connectivity index (χ2n) is 4.52. The van der Waals surface area contributed by atoms with Crippen molar-refractivity contribution in [2.75, 3.05) is 0 Å². The molecule has 1 aliphatic carbocycles. The molecule has 1 atom stereocenters. The van der Waals surface area contributed by atoms with E-state index in [4.69, 9.17) is 5.73 Å². The Labute approximate surface area is 85.1 Å². The van der Waals surface area contributed by atoms with Gasteiger partial charge in [-0.2, -0.15) is 0 Å². The molecule has 3 nitrogen and oxygen atoms in total. The molecule has 0 bridgehead atoms. The van der Waals surface area contributed by atoms with Gasteiger partial charge in [-0.25, -0.2) is 4.98 Å². The molecule has 1 aromatic rings. The molecule has 14 heavy (non-hydrogen) atoms. The van der Waals surface area contributed by atoms with Crippen molar-refractivity contribution in [1.29, 1.82) is 0 Å². The van der Waals surface area contributed by atoms with Gasteiger partial charge >= 0.3 is 0 Å². The molecular formula is C11H19N3. The molecule has 0 radical (unpaired) electrons. The molecule has 3 N–H and O–H groups in total. The maximum Gasteiger partial charge on any atom is 0.123 e. The highest BCUT2D eigenvalue weighted by atomic mass is 14.9. The smallest absolute Gasteiger partial charge is 0.123 e. The molecule has 3 heteroatoms. The Morgan fingerprint density at radius 1 is 1.43 bits per heavy atom. The van der Waals surface area contributed by atoms with E-state index in [0.717, 1.165) is 11.7 Å². The van der Waals surface area contributed by atoms with Crippen molar-refractivity contribution in [3.8, 4) is 0 Å². The van der Waals surface area contributed by atoms with Crippen LogP contribution in [0.2, 0.25) is 0 Å². The molecule has 0 aromatic carbocycles. The van der Waals surface area contributed by atoms with Gasteiger partial charge in [0, 0.05) is 12.4 Å². The minimum Gasteiger partial charge on any atom is -0.347 e. The lowest BCUT2D eigenvalue weighted by Crippen LogP contribution is -2.26. The number of nitrogens with zero attached hydrogens (tertiary/aromatic N) is 1. The average Bonchev–Trinajstić information content (AvgIpc) is 2.71. The van der Waals surface area contributed by atoms with E-state index in [2.05, 4.69) is 16.9 Å². The fraction of sp³-hybridized carbons (Fsp3) is 0.727. The standard InChI is InChI=1S/C11H19N3/c1-8-2-4-9(5-3-8)10(12)11-13-6-7-14-11/h6-10H,2-5,12H2,1H3,(H,13,14). The molecule has 0 spiro atoms. The van der Waals surface area contributed by atoms with E-state index in [1.165, 1.54) is 25.7 Å². The van der Waals surface area contributed by atoms with Crippen LogP contribution in [0, 0.1) is 11.8 Å². The van der Waals surface area contributed by atoms with E-state index in [1.54, 1.807) is 6.20 Å². The van der Waals surface area contributed by atoms with Crippen LogP contribution in [0.3, 0.4) is 0 Å². The Morgan fingerprint density at radius 3 is 2.71 bits per heavy atom. The Balaban J connectivity index is 1.95. The third kappa shape index (κ3) is 1.98. The van der Waals surface area contributed by atoms with Crippen LogP contribution in [0.15, 0.2) is 12.4 Å². The van der Waals surface area contributed by atoms with E-state index in [1.807, 2.05) is 6.20 Å². The highest BCUT2D eigenvalue weighted by molar-refractivity contribution is 4.97. The number of aromatic nitrogens is 2. The maximum atomic E-state index is 6.17. The van der Waals surface area contributed by atoms with Crippen molar-refractivity contribution in [1.82, 2.24) is 9.97 Å². The molecule has 78 valence electrons.